The molecule has 0 spiro atoms. The number of para-hydroxylation sites is 1. The molecule has 5 rings (SSSR count). The second-order valence-corrected chi connectivity index (χ2v) is 8.85. The molecule has 6 heteroatoms. The van der Waals surface area contributed by atoms with Gasteiger partial charge < -0.3 is 14.7 Å². The standard InChI is InChI=1S/C31H25F2NO3/c32-24-11-6-21(7-12-24)23(20-35)10-19-29-30(34(31(29)36)26-15-13-25(33)14-16-26)22-8-17-28(18-9-22)37-27-4-2-1-3-5-27/h1-18,29-30,35H,19-20H2/b23-10-/t29-,30-/m1/s1. The summed E-state index contributed by atoms with van der Waals surface area (Å²) in [5.74, 6) is 0.195. The van der Waals surface area contributed by atoms with Crippen LogP contribution in [-0.2, 0) is 4.79 Å². The number of anilines is 1. The van der Waals surface area contributed by atoms with E-state index in [0.717, 1.165) is 11.3 Å². The van der Waals surface area contributed by atoms with E-state index >= 15 is 0 Å². The van der Waals surface area contributed by atoms with E-state index in [1.54, 1.807) is 29.2 Å². The van der Waals surface area contributed by atoms with Gasteiger partial charge in [-0.15, -0.1) is 0 Å². The van der Waals surface area contributed by atoms with Crippen LogP contribution in [0.4, 0.5) is 14.5 Å². The van der Waals surface area contributed by atoms with E-state index in [-0.39, 0.29) is 36.1 Å². The van der Waals surface area contributed by atoms with Crippen LogP contribution in [0, 0.1) is 17.6 Å². The third-order valence-electron chi connectivity index (χ3n) is 6.52. The molecular weight excluding hydrogens is 472 g/mol. The first-order valence-corrected chi connectivity index (χ1v) is 12.0. The minimum Gasteiger partial charge on any atom is -0.457 e. The van der Waals surface area contributed by atoms with Crippen LogP contribution < -0.4 is 9.64 Å². The van der Waals surface area contributed by atoms with Gasteiger partial charge in [0.25, 0.3) is 0 Å². The number of hydrogen-bond donors (Lipinski definition) is 1. The van der Waals surface area contributed by atoms with Crippen molar-refractivity contribution in [1.29, 1.82) is 0 Å². The Balaban J connectivity index is 1.42. The lowest BCUT2D eigenvalue weighted by molar-refractivity contribution is -0.130. The third-order valence-corrected chi connectivity index (χ3v) is 6.52. The SMILES string of the molecule is O=C1[C@H](C/C=C(/CO)c2ccc(F)cc2)[C@@H](c2ccc(Oc3ccccc3)cc2)N1c1ccc(F)cc1. The van der Waals surface area contributed by atoms with Crippen LogP contribution in [0.2, 0.25) is 0 Å². The molecule has 1 N–H and O–H groups in total. The summed E-state index contributed by atoms with van der Waals surface area (Å²) in [7, 11) is 0. The topological polar surface area (TPSA) is 49.8 Å². The van der Waals surface area contributed by atoms with Gasteiger partial charge in [-0.3, -0.25) is 4.79 Å². The molecule has 4 aromatic carbocycles. The molecule has 4 nitrogen and oxygen atoms in total. The van der Waals surface area contributed by atoms with Gasteiger partial charge in [0.1, 0.15) is 23.1 Å². The van der Waals surface area contributed by atoms with Gasteiger partial charge in [0, 0.05) is 5.69 Å². The first-order valence-electron chi connectivity index (χ1n) is 12.0. The fourth-order valence-corrected chi connectivity index (χ4v) is 4.61. The van der Waals surface area contributed by atoms with Crippen LogP contribution in [0.15, 0.2) is 109 Å². The lowest BCUT2D eigenvalue weighted by Crippen LogP contribution is -2.55. The Kier molecular flexibility index (Phi) is 7.10. The van der Waals surface area contributed by atoms with E-state index in [0.29, 0.717) is 29.0 Å². The number of nitrogens with zero attached hydrogens (tertiary/aromatic N) is 1. The average Bonchev–Trinajstić information content (AvgIpc) is 2.92. The highest BCUT2D eigenvalue weighted by atomic mass is 19.1. The van der Waals surface area contributed by atoms with Gasteiger partial charge in [0.15, 0.2) is 0 Å². The van der Waals surface area contributed by atoms with Crippen molar-refractivity contribution in [2.45, 2.75) is 12.5 Å². The van der Waals surface area contributed by atoms with E-state index in [9.17, 15) is 18.7 Å². The Labute approximate surface area is 214 Å². The zero-order valence-corrected chi connectivity index (χ0v) is 19.9. The van der Waals surface area contributed by atoms with Gasteiger partial charge in [-0.25, -0.2) is 8.78 Å². The van der Waals surface area contributed by atoms with Crippen molar-refractivity contribution < 1.29 is 23.4 Å². The smallest absolute Gasteiger partial charge is 0.233 e. The van der Waals surface area contributed by atoms with Crippen molar-refractivity contribution >= 4 is 17.2 Å². The number of benzene rings is 4. The lowest BCUT2D eigenvalue weighted by atomic mass is 9.79. The van der Waals surface area contributed by atoms with Gasteiger partial charge in [-0.05, 0) is 83.8 Å². The molecule has 0 aliphatic carbocycles. The number of hydrogen-bond acceptors (Lipinski definition) is 3. The number of aliphatic hydroxyl groups excluding tert-OH is 1. The van der Waals surface area contributed by atoms with E-state index in [2.05, 4.69) is 0 Å². The number of ether oxygens (including phenoxy) is 1. The Hall–Kier alpha value is -4.29. The number of carbonyl (C=O) groups excluding carboxylic acids is 1. The monoisotopic (exact) mass is 497 g/mol. The Morgan fingerprint density at radius 2 is 1.41 bits per heavy atom. The minimum absolute atomic E-state index is 0.0890. The Morgan fingerprint density at radius 3 is 2.03 bits per heavy atom. The first-order chi connectivity index (χ1) is 18.0. The predicted molar refractivity (Wildman–Crippen MR) is 139 cm³/mol. The van der Waals surface area contributed by atoms with Crippen molar-refractivity contribution in [3.8, 4) is 11.5 Å². The second kappa shape index (κ2) is 10.8. The van der Waals surface area contributed by atoms with E-state index in [1.807, 2.05) is 60.7 Å². The molecular formula is C31H25F2NO3. The number of carbonyl (C=O) groups is 1. The summed E-state index contributed by atoms with van der Waals surface area (Å²) in [6.07, 6.45) is 2.22. The highest BCUT2D eigenvalue weighted by molar-refractivity contribution is 6.03. The highest BCUT2D eigenvalue weighted by Gasteiger charge is 2.48. The minimum atomic E-state index is -0.382. The summed E-state index contributed by atoms with van der Waals surface area (Å²) >= 11 is 0. The predicted octanol–water partition coefficient (Wildman–Crippen LogP) is 6.93. The Bertz CT molecular complexity index is 1390. The molecule has 0 aromatic heterocycles. The number of β-lactam (4-membered cyclic amide) rings is 1. The largest absolute Gasteiger partial charge is 0.457 e. The molecule has 37 heavy (non-hydrogen) atoms. The summed E-state index contributed by atoms with van der Waals surface area (Å²) in [5, 5.41) is 9.90. The van der Waals surface area contributed by atoms with Gasteiger partial charge in [0.2, 0.25) is 5.91 Å². The zero-order chi connectivity index (χ0) is 25.8. The van der Waals surface area contributed by atoms with E-state index < -0.39 is 0 Å². The van der Waals surface area contributed by atoms with E-state index in [1.165, 1.54) is 24.3 Å². The molecule has 1 aliphatic heterocycles. The van der Waals surface area contributed by atoms with Crippen LogP contribution in [0.1, 0.15) is 23.6 Å². The fourth-order valence-electron chi connectivity index (χ4n) is 4.61. The quantitative estimate of drug-likeness (QED) is 0.269. The molecule has 0 saturated carbocycles. The molecule has 1 amide bonds. The molecule has 4 aromatic rings. The van der Waals surface area contributed by atoms with Crippen LogP contribution in [-0.4, -0.2) is 17.6 Å². The average molecular weight is 498 g/mol. The molecule has 0 unspecified atom stereocenters. The van der Waals surface area contributed by atoms with Crippen molar-refractivity contribution in [1.82, 2.24) is 0 Å². The first kappa shape index (κ1) is 24.4. The van der Waals surface area contributed by atoms with Gasteiger partial charge >= 0.3 is 0 Å². The van der Waals surface area contributed by atoms with Crippen LogP contribution in [0.25, 0.3) is 5.57 Å². The number of aliphatic hydroxyl groups is 1. The molecule has 2 atom stereocenters. The summed E-state index contributed by atoms with van der Waals surface area (Å²) < 4.78 is 32.8. The van der Waals surface area contributed by atoms with Crippen molar-refractivity contribution in [2.75, 3.05) is 11.5 Å². The Morgan fingerprint density at radius 1 is 0.811 bits per heavy atom. The summed E-state index contributed by atoms with van der Waals surface area (Å²) in [5.41, 5.74) is 2.85. The molecule has 1 heterocycles. The van der Waals surface area contributed by atoms with Crippen LogP contribution in [0.5, 0.6) is 11.5 Å². The summed E-state index contributed by atoms with van der Waals surface area (Å²) in [6, 6.07) is 28.5. The van der Waals surface area contributed by atoms with Gasteiger partial charge in [0.05, 0.1) is 18.6 Å². The normalized spacial score (nSPS) is 17.4. The summed E-state index contributed by atoms with van der Waals surface area (Å²) in [4.78, 5) is 15.0. The number of rotatable bonds is 8. The lowest BCUT2D eigenvalue weighted by Gasteiger charge is -2.47. The molecule has 1 fully saturated rings. The number of allylic oxidation sites excluding steroid dienone is 1. The number of amides is 1. The highest BCUT2D eigenvalue weighted by Crippen LogP contribution is 2.46. The van der Waals surface area contributed by atoms with Crippen molar-refractivity contribution in [2.24, 2.45) is 5.92 Å². The molecule has 0 bridgehead atoms. The number of halogens is 2. The van der Waals surface area contributed by atoms with Gasteiger partial charge in [-0.1, -0.05) is 48.5 Å². The van der Waals surface area contributed by atoms with E-state index in [4.69, 9.17) is 4.74 Å². The maximum Gasteiger partial charge on any atom is 0.233 e. The molecule has 1 aliphatic rings. The fraction of sp³-hybridized carbons (Fsp3) is 0.129. The maximum absolute atomic E-state index is 13.6. The van der Waals surface area contributed by atoms with Gasteiger partial charge in [-0.2, -0.15) is 0 Å². The zero-order valence-electron chi connectivity index (χ0n) is 19.9. The van der Waals surface area contributed by atoms with Crippen LogP contribution >= 0.6 is 0 Å². The molecule has 1 saturated heterocycles. The summed E-state index contributed by atoms with van der Waals surface area (Å²) in [6.45, 7) is -0.232. The molecule has 186 valence electrons. The van der Waals surface area contributed by atoms with Crippen molar-refractivity contribution in [3.63, 3.8) is 0 Å². The second-order valence-electron chi connectivity index (χ2n) is 8.85. The maximum atomic E-state index is 13.6. The third kappa shape index (κ3) is 5.29. The van der Waals surface area contributed by atoms with Crippen molar-refractivity contribution in [3.05, 3.63) is 132 Å². The van der Waals surface area contributed by atoms with Crippen LogP contribution in [0.3, 0.4) is 0 Å². The molecule has 0 radical (unpaired) electrons.